The maximum Gasteiger partial charge on any atom is 0.413 e. The van der Waals surface area contributed by atoms with E-state index < -0.39 is 11.7 Å². The fourth-order valence-electron chi connectivity index (χ4n) is 3.40. The lowest BCUT2D eigenvalue weighted by Crippen LogP contribution is -2.27. The quantitative estimate of drug-likeness (QED) is 0.607. The lowest BCUT2D eigenvalue weighted by molar-refractivity contribution is -0.146. The van der Waals surface area contributed by atoms with Crippen LogP contribution in [0.15, 0.2) is 6.33 Å². The molecule has 0 bridgehead atoms. The van der Waals surface area contributed by atoms with Gasteiger partial charge in [-0.15, -0.1) is 0 Å². The predicted molar refractivity (Wildman–Crippen MR) is 103 cm³/mol. The van der Waals surface area contributed by atoms with Gasteiger partial charge in [0.05, 0.1) is 19.4 Å². The van der Waals surface area contributed by atoms with Gasteiger partial charge in [0, 0.05) is 6.04 Å². The van der Waals surface area contributed by atoms with Crippen molar-refractivity contribution in [3.63, 3.8) is 0 Å². The summed E-state index contributed by atoms with van der Waals surface area (Å²) in [6.45, 7) is 5.32. The van der Waals surface area contributed by atoms with E-state index in [9.17, 15) is 9.59 Å². The fraction of sp³-hybridized carbons (Fsp3) is 0.611. The normalized spacial score (nSPS) is 20.0. The first kappa shape index (κ1) is 20.3. The van der Waals surface area contributed by atoms with Crippen molar-refractivity contribution in [2.24, 2.45) is 5.92 Å². The van der Waals surface area contributed by atoms with E-state index in [2.05, 4.69) is 20.3 Å². The zero-order valence-electron chi connectivity index (χ0n) is 16.4. The summed E-state index contributed by atoms with van der Waals surface area (Å²) < 4.78 is 12.0. The van der Waals surface area contributed by atoms with E-state index in [4.69, 9.17) is 21.1 Å². The van der Waals surface area contributed by atoms with Crippen LogP contribution in [0.2, 0.25) is 5.28 Å². The number of esters is 1. The van der Waals surface area contributed by atoms with E-state index in [-0.39, 0.29) is 29.0 Å². The topological polar surface area (TPSA) is 108 Å². The minimum atomic E-state index is -0.642. The van der Waals surface area contributed by atoms with Crippen LogP contribution in [0, 0.1) is 5.92 Å². The molecule has 9 nitrogen and oxygen atoms in total. The molecule has 2 aromatic heterocycles. The second-order valence-electron chi connectivity index (χ2n) is 7.82. The van der Waals surface area contributed by atoms with E-state index in [0.717, 1.165) is 25.7 Å². The maximum atomic E-state index is 12.1. The van der Waals surface area contributed by atoms with Crippen LogP contribution in [0.5, 0.6) is 0 Å². The Kier molecular flexibility index (Phi) is 5.74. The first-order valence-electron chi connectivity index (χ1n) is 9.16. The summed E-state index contributed by atoms with van der Waals surface area (Å²) in [5, 5.41) is 2.60. The van der Waals surface area contributed by atoms with E-state index in [1.54, 1.807) is 27.1 Å². The zero-order chi connectivity index (χ0) is 20.5. The highest BCUT2D eigenvalue weighted by Crippen LogP contribution is 2.35. The molecule has 0 saturated heterocycles. The second-order valence-corrected chi connectivity index (χ2v) is 8.16. The molecule has 0 aromatic carbocycles. The molecule has 152 valence electrons. The smallest absolute Gasteiger partial charge is 0.413 e. The minimum Gasteiger partial charge on any atom is -0.469 e. The highest BCUT2D eigenvalue weighted by atomic mass is 35.5. The molecule has 2 aromatic rings. The second kappa shape index (κ2) is 7.90. The highest BCUT2D eigenvalue weighted by molar-refractivity contribution is 6.28. The number of carbonyl (C=O) groups excluding carboxylic acids is 2. The third-order valence-corrected chi connectivity index (χ3v) is 4.81. The standard InChI is InChI=1S/C18H24ClN5O4/c1-18(2,3)28-17(26)22-13-12-14(23-16(19)21-13)24(9-20-12)11-7-5-10(6-8-11)15(25)27-4/h9-11H,5-8H2,1-4H3,(H,21,22,23,26)/t10-,11+. The Morgan fingerprint density at radius 3 is 2.50 bits per heavy atom. The number of rotatable bonds is 3. The Morgan fingerprint density at radius 1 is 1.21 bits per heavy atom. The molecule has 3 rings (SSSR count). The summed E-state index contributed by atoms with van der Waals surface area (Å²) in [6.07, 6.45) is 4.08. The first-order chi connectivity index (χ1) is 13.2. The van der Waals surface area contributed by atoms with Gasteiger partial charge < -0.3 is 14.0 Å². The van der Waals surface area contributed by atoms with Crippen LogP contribution in [0.3, 0.4) is 0 Å². The number of ether oxygens (including phenoxy) is 2. The highest BCUT2D eigenvalue weighted by Gasteiger charge is 2.29. The van der Waals surface area contributed by atoms with Gasteiger partial charge in [0.25, 0.3) is 0 Å². The van der Waals surface area contributed by atoms with Crippen LogP contribution >= 0.6 is 11.6 Å². The van der Waals surface area contributed by atoms with Crippen LogP contribution in [-0.4, -0.2) is 44.3 Å². The molecule has 0 spiro atoms. The SMILES string of the molecule is COC(=O)[C@H]1CC[C@@H](n2cnc3c(NC(=O)OC(C)(C)C)nc(Cl)nc32)CC1. The van der Waals surface area contributed by atoms with Gasteiger partial charge in [-0.2, -0.15) is 9.97 Å². The van der Waals surface area contributed by atoms with Crippen LogP contribution < -0.4 is 5.32 Å². The van der Waals surface area contributed by atoms with E-state index in [0.29, 0.717) is 11.2 Å². The van der Waals surface area contributed by atoms with E-state index in [1.807, 2.05) is 4.57 Å². The number of hydrogen-bond acceptors (Lipinski definition) is 7. The van der Waals surface area contributed by atoms with Crippen LogP contribution in [0.4, 0.5) is 10.6 Å². The van der Waals surface area contributed by atoms with Crippen LogP contribution in [-0.2, 0) is 14.3 Å². The Balaban J connectivity index is 1.82. The van der Waals surface area contributed by atoms with Gasteiger partial charge in [0.1, 0.15) is 5.60 Å². The number of amides is 1. The van der Waals surface area contributed by atoms with Crippen molar-refractivity contribution in [1.82, 2.24) is 19.5 Å². The number of nitrogens with one attached hydrogen (secondary N) is 1. The number of imidazole rings is 1. The van der Waals surface area contributed by atoms with Crippen LogP contribution in [0.1, 0.15) is 52.5 Å². The monoisotopic (exact) mass is 409 g/mol. The number of carbonyl (C=O) groups is 2. The number of hydrogen-bond donors (Lipinski definition) is 1. The molecule has 1 aliphatic carbocycles. The van der Waals surface area contributed by atoms with Crippen molar-refractivity contribution >= 4 is 40.6 Å². The summed E-state index contributed by atoms with van der Waals surface area (Å²) >= 11 is 6.08. The van der Waals surface area contributed by atoms with E-state index >= 15 is 0 Å². The minimum absolute atomic E-state index is 0.00329. The summed E-state index contributed by atoms with van der Waals surface area (Å²) in [5.41, 5.74) is 0.329. The van der Waals surface area contributed by atoms with Gasteiger partial charge in [-0.3, -0.25) is 10.1 Å². The molecule has 1 fully saturated rings. The third kappa shape index (κ3) is 4.52. The molecule has 1 aliphatic rings. The van der Waals surface area contributed by atoms with Crippen molar-refractivity contribution in [2.75, 3.05) is 12.4 Å². The van der Waals surface area contributed by atoms with Gasteiger partial charge >= 0.3 is 12.1 Å². The van der Waals surface area contributed by atoms with Gasteiger partial charge in [-0.25, -0.2) is 9.78 Å². The number of methoxy groups -OCH3 is 1. The summed E-state index contributed by atoms with van der Waals surface area (Å²) in [7, 11) is 1.41. The van der Waals surface area contributed by atoms with Crippen molar-refractivity contribution in [3.8, 4) is 0 Å². The molecule has 1 N–H and O–H groups in total. The van der Waals surface area contributed by atoms with Gasteiger partial charge in [0.2, 0.25) is 5.28 Å². The largest absolute Gasteiger partial charge is 0.469 e. The van der Waals surface area contributed by atoms with Gasteiger partial charge in [0.15, 0.2) is 17.0 Å². The van der Waals surface area contributed by atoms with E-state index in [1.165, 1.54) is 7.11 Å². The average Bonchev–Trinajstić information content (AvgIpc) is 3.03. The maximum absolute atomic E-state index is 12.1. The lowest BCUT2D eigenvalue weighted by Gasteiger charge is -2.27. The Hall–Kier alpha value is -2.42. The number of anilines is 1. The predicted octanol–water partition coefficient (Wildman–Crippen LogP) is 3.73. The van der Waals surface area contributed by atoms with Crippen molar-refractivity contribution < 1.29 is 19.1 Å². The van der Waals surface area contributed by atoms with Crippen molar-refractivity contribution in [3.05, 3.63) is 11.6 Å². The molecule has 0 aliphatic heterocycles. The Labute approximate surface area is 167 Å². The Bertz CT molecular complexity index is 884. The first-order valence-corrected chi connectivity index (χ1v) is 9.53. The fourth-order valence-corrected chi connectivity index (χ4v) is 3.57. The molecule has 1 saturated carbocycles. The number of aromatic nitrogens is 4. The third-order valence-electron chi connectivity index (χ3n) is 4.64. The Morgan fingerprint density at radius 2 is 1.89 bits per heavy atom. The molecule has 10 heteroatoms. The molecule has 2 heterocycles. The number of fused-ring (bicyclic) bond motifs is 1. The molecular weight excluding hydrogens is 386 g/mol. The molecular formula is C18H24ClN5O4. The molecule has 0 unspecified atom stereocenters. The number of nitrogens with zero attached hydrogens (tertiary/aromatic N) is 4. The summed E-state index contributed by atoms with van der Waals surface area (Å²) in [6, 6.07) is 0.131. The zero-order valence-corrected chi connectivity index (χ0v) is 17.1. The van der Waals surface area contributed by atoms with Crippen molar-refractivity contribution in [1.29, 1.82) is 0 Å². The molecule has 1 amide bonds. The van der Waals surface area contributed by atoms with Gasteiger partial charge in [-0.1, -0.05) is 0 Å². The number of halogens is 1. The van der Waals surface area contributed by atoms with Gasteiger partial charge in [-0.05, 0) is 58.1 Å². The average molecular weight is 410 g/mol. The molecule has 0 atom stereocenters. The molecule has 28 heavy (non-hydrogen) atoms. The van der Waals surface area contributed by atoms with Crippen molar-refractivity contribution in [2.45, 2.75) is 58.1 Å². The lowest BCUT2D eigenvalue weighted by atomic mass is 9.86. The van der Waals surface area contributed by atoms with Crippen LogP contribution in [0.25, 0.3) is 11.2 Å². The molecule has 0 radical (unpaired) electrons. The summed E-state index contributed by atoms with van der Waals surface area (Å²) in [5.74, 6) is -0.0342. The summed E-state index contributed by atoms with van der Waals surface area (Å²) in [4.78, 5) is 36.6.